The van der Waals surface area contributed by atoms with Crippen LogP contribution in [-0.4, -0.2) is 67.4 Å². The van der Waals surface area contributed by atoms with Crippen molar-refractivity contribution < 1.29 is 32.5 Å². The van der Waals surface area contributed by atoms with Crippen molar-refractivity contribution in [3.63, 3.8) is 0 Å². The normalized spacial score (nSPS) is 18.2. The Bertz CT molecular complexity index is 1620. The Labute approximate surface area is 243 Å². The Hall–Kier alpha value is -3.74. The summed E-state index contributed by atoms with van der Waals surface area (Å²) in [6, 6.07) is 10.2. The number of imidazole rings is 1. The van der Waals surface area contributed by atoms with Gasteiger partial charge in [0.05, 0.1) is 24.8 Å². The summed E-state index contributed by atoms with van der Waals surface area (Å²) in [6.45, 7) is 3.07. The molecule has 0 bridgehead atoms. The van der Waals surface area contributed by atoms with Gasteiger partial charge in [-0.2, -0.15) is 8.78 Å². The lowest BCUT2D eigenvalue weighted by atomic mass is 10.0. The zero-order chi connectivity index (χ0) is 29.4. The molecule has 1 unspecified atom stereocenters. The molecule has 42 heavy (non-hydrogen) atoms. The molecule has 2 aliphatic heterocycles. The van der Waals surface area contributed by atoms with Crippen LogP contribution in [0.4, 0.5) is 13.2 Å². The van der Waals surface area contributed by atoms with Crippen LogP contribution in [-0.2, 0) is 23.7 Å². The van der Waals surface area contributed by atoms with Crippen LogP contribution in [0.1, 0.15) is 46.8 Å². The molecule has 1 atom stereocenters. The van der Waals surface area contributed by atoms with E-state index >= 15 is 8.78 Å². The number of alkyl halides is 2. The summed E-state index contributed by atoms with van der Waals surface area (Å²) in [4.78, 5) is 26.8. The van der Waals surface area contributed by atoms with E-state index in [1.165, 1.54) is 24.3 Å². The van der Waals surface area contributed by atoms with Crippen LogP contribution in [0.3, 0.4) is 0 Å². The number of hydrogen-bond acceptors (Lipinski definition) is 7. The molecule has 2 aliphatic rings. The van der Waals surface area contributed by atoms with Crippen molar-refractivity contribution >= 4 is 28.7 Å². The van der Waals surface area contributed by atoms with Crippen molar-refractivity contribution in [2.45, 2.75) is 50.5 Å². The van der Waals surface area contributed by atoms with E-state index in [0.717, 1.165) is 30.4 Å². The quantitative estimate of drug-likeness (QED) is 0.276. The molecule has 0 spiro atoms. The fourth-order valence-corrected chi connectivity index (χ4v) is 5.36. The number of hydrogen-bond donors (Lipinski definition) is 1. The predicted octanol–water partition coefficient (Wildman–Crippen LogP) is 5.29. The lowest BCUT2D eigenvalue weighted by Gasteiger charge is -2.32. The van der Waals surface area contributed by atoms with Gasteiger partial charge in [-0.3, -0.25) is 4.90 Å². The minimum Gasteiger partial charge on any atom is -0.477 e. The summed E-state index contributed by atoms with van der Waals surface area (Å²) in [5.41, 5.74) is -0.341. The second-order valence-corrected chi connectivity index (χ2v) is 10.9. The number of benzene rings is 1. The Balaban J connectivity index is 1.12. The fraction of sp³-hybridized carbons (Fsp3) is 0.379. The van der Waals surface area contributed by atoms with Crippen LogP contribution >= 0.6 is 11.6 Å². The molecule has 0 amide bonds. The van der Waals surface area contributed by atoms with Crippen molar-refractivity contribution in [3.8, 4) is 5.88 Å². The summed E-state index contributed by atoms with van der Waals surface area (Å²) in [5, 5.41) is 9.43. The highest BCUT2D eigenvalue weighted by Gasteiger charge is 2.39. The molecule has 1 aromatic carbocycles. The van der Waals surface area contributed by atoms with Gasteiger partial charge in [-0.1, -0.05) is 17.7 Å². The SMILES string of the molecule is O=C(O)c1ccc2nc(CN3CCC(Oc4cccc(C(F)(F)c5ccc(Cl)cc5F)n4)CC3)n(CC3CCO3)c2n1. The van der Waals surface area contributed by atoms with Crippen molar-refractivity contribution in [2.75, 3.05) is 19.7 Å². The highest BCUT2D eigenvalue weighted by molar-refractivity contribution is 6.30. The van der Waals surface area contributed by atoms with Gasteiger partial charge in [0.2, 0.25) is 5.88 Å². The van der Waals surface area contributed by atoms with Gasteiger partial charge in [-0.05, 0) is 55.7 Å². The highest BCUT2D eigenvalue weighted by atomic mass is 35.5. The molecule has 0 aliphatic carbocycles. The lowest BCUT2D eigenvalue weighted by Crippen LogP contribution is -2.39. The van der Waals surface area contributed by atoms with E-state index in [4.69, 9.17) is 26.1 Å². The number of rotatable bonds is 9. The van der Waals surface area contributed by atoms with Crippen molar-refractivity contribution in [3.05, 3.63) is 82.1 Å². The molecular formula is C29H27ClF3N5O4. The van der Waals surface area contributed by atoms with E-state index in [1.54, 1.807) is 6.07 Å². The fourth-order valence-electron chi connectivity index (χ4n) is 5.21. The molecule has 2 fully saturated rings. The number of aromatic carboxylic acids is 1. The smallest absolute Gasteiger partial charge is 0.354 e. The van der Waals surface area contributed by atoms with Crippen LogP contribution in [0, 0.1) is 5.82 Å². The number of piperidine rings is 1. The Morgan fingerprint density at radius 3 is 2.57 bits per heavy atom. The van der Waals surface area contributed by atoms with Gasteiger partial charge < -0.3 is 19.1 Å². The molecule has 220 valence electrons. The first kappa shape index (κ1) is 28.4. The maximum Gasteiger partial charge on any atom is 0.354 e. The van der Waals surface area contributed by atoms with Gasteiger partial charge in [-0.25, -0.2) is 24.1 Å². The number of ether oxygens (including phenoxy) is 2. The predicted molar refractivity (Wildman–Crippen MR) is 146 cm³/mol. The van der Waals surface area contributed by atoms with Crippen LogP contribution < -0.4 is 4.74 Å². The maximum atomic E-state index is 15.1. The highest BCUT2D eigenvalue weighted by Crippen LogP contribution is 2.37. The molecule has 6 rings (SSSR count). The van der Waals surface area contributed by atoms with Gasteiger partial charge in [0.15, 0.2) is 11.3 Å². The molecule has 0 radical (unpaired) electrons. The van der Waals surface area contributed by atoms with Crippen molar-refractivity contribution in [1.82, 2.24) is 24.4 Å². The monoisotopic (exact) mass is 601 g/mol. The number of aromatic nitrogens is 4. The molecule has 0 saturated carbocycles. The number of nitrogens with zero attached hydrogens (tertiary/aromatic N) is 5. The third-order valence-electron chi connectivity index (χ3n) is 7.57. The summed E-state index contributed by atoms with van der Waals surface area (Å²) in [7, 11) is 0. The second kappa shape index (κ2) is 11.5. The number of carboxylic acid groups (broad SMARTS) is 1. The average Bonchev–Trinajstić information content (AvgIpc) is 3.27. The van der Waals surface area contributed by atoms with Crippen LogP contribution in [0.25, 0.3) is 11.2 Å². The summed E-state index contributed by atoms with van der Waals surface area (Å²) < 4.78 is 58.0. The van der Waals surface area contributed by atoms with Gasteiger partial charge in [-0.15, -0.1) is 0 Å². The largest absolute Gasteiger partial charge is 0.477 e. The zero-order valence-corrected chi connectivity index (χ0v) is 23.1. The molecule has 13 heteroatoms. The van der Waals surface area contributed by atoms with E-state index < -0.39 is 29.0 Å². The molecule has 5 heterocycles. The van der Waals surface area contributed by atoms with E-state index in [2.05, 4.69) is 14.9 Å². The third-order valence-corrected chi connectivity index (χ3v) is 7.81. The van der Waals surface area contributed by atoms with Crippen LogP contribution in [0.15, 0.2) is 48.5 Å². The van der Waals surface area contributed by atoms with E-state index in [9.17, 15) is 14.3 Å². The first-order valence-electron chi connectivity index (χ1n) is 13.6. The van der Waals surface area contributed by atoms with Gasteiger partial charge in [0.1, 0.15) is 29.0 Å². The van der Waals surface area contributed by atoms with Crippen molar-refractivity contribution in [2.24, 2.45) is 0 Å². The van der Waals surface area contributed by atoms with E-state index in [-0.39, 0.29) is 28.8 Å². The topological polar surface area (TPSA) is 103 Å². The first-order valence-corrected chi connectivity index (χ1v) is 14.0. The third kappa shape index (κ3) is 5.79. The number of pyridine rings is 2. The van der Waals surface area contributed by atoms with E-state index in [1.807, 2.05) is 4.57 Å². The lowest BCUT2D eigenvalue weighted by molar-refractivity contribution is -0.0593. The second-order valence-electron chi connectivity index (χ2n) is 10.4. The number of fused-ring (bicyclic) bond motifs is 1. The van der Waals surface area contributed by atoms with Crippen LogP contribution in [0.2, 0.25) is 5.02 Å². The number of carboxylic acids is 1. The summed E-state index contributed by atoms with van der Waals surface area (Å²) in [6.07, 6.45) is 1.95. The Kier molecular flexibility index (Phi) is 7.77. The Morgan fingerprint density at radius 1 is 1.10 bits per heavy atom. The molecule has 3 aromatic heterocycles. The van der Waals surface area contributed by atoms with E-state index in [0.29, 0.717) is 56.8 Å². The molecule has 2 saturated heterocycles. The molecule has 9 nitrogen and oxygen atoms in total. The summed E-state index contributed by atoms with van der Waals surface area (Å²) in [5.74, 6) is -5.08. The minimum atomic E-state index is -3.67. The number of carbonyl (C=O) groups is 1. The standard InChI is InChI=1S/C29H27ClF3N5O4/c30-17-4-5-20(21(31)14-17)29(32,33)24-2-1-3-26(36-24)42-18-8-11-37(12-9-18)16-25-34-22-6-7-23(28(39)40)35-27(22)38(25)15-19-10-13-41-19/h1-7,14,18-19H,8-13,15-16H2,(H,39,40). The van der Waals surface area contributed by atoms with Gasteiger partial charge in [0, 0.05) is 30.8 Å². The average molecular weight is 602 g/mol. The molecular weight excluding hydrogens is 575 g/mol. The van der Waals surface area contributed by atoms with Gasteiger partial charge in [0.25, 0.3) is 0 Å². The molecule has 1 N–H and O–H groups in total. The summed E-state index contributed by atoms with van der Waals surface area (Å²) >= 11 is 5.72. The number of halogens is 4. The van der Waals surface area contributed by atoms with Crippen molar-refractivity contribution in [1.29, 1.82) is 0 Å². The maximum absolute atomic E-state index is 15.1. The number of likely N-dealkylation sites (tertiary alicyclic amines) is 1. The first-order chi connectivity index (χ1) is 20.2. The zero-order valence-electron chi connectivity index (χ0n) is 22.4. The minimum absolute atomic E-state index is 0.0251. The Morgan fingerprint density at radius 2 is 1.88 bits per heavy atom. The van der Waals surface area contributed by atoms with Crippen LogP contribution in [0.5, 0.6) is 5.88 Å². The molecule has 4 aromatic rings. The van der Waals surface area contributed by atoms with Gasteiger partial charge >= 0.3 is 11.9 Å².